The Bertz CT molecular complexity index is 384. The van der Waals surface area contributed by atoms with Crippen molar-refractivity contribution in [3.63, 3.8) is 0 Å². The molecule has 0 fully saturated rings. The number of halogens is 4. The monoisotopic (exact) mass is 222 g/mol. The summed E-state index contributed by atoms with van der Waals surface area (Å²) in [6, 6.07) is 2.23. The van der Waals surface area contributed by atoms with Crippen LogP contribution in [0.4, 0.5) is 17.6 Å². The molecule has 82 valence electrons. The first-order valence-corrected chi connectivity index (χ1v) is 3.80. The molecule has 0 aliphatic rings. The van der Waals surface area contributed by atoms with Gasteiger partial charge in [0.15, 0.2) is 0 Å². The summed E-state index contributed by atoms with van der Waals surface area (Å²) in [6.07, 6.45) is -5.02. The summed E-state index contributed by atoms with van der Waals surface area (Å²) in [5.74, 6) is -3.19. The van der Waals surface area contributed by atoms with E-state index in [1.54, 1.807) is 0 Å². The van der Waals surface area contributed by atoms with E-state index in [1.165, 1.54) is 0 Å². The lowest BCUT2D eigenvalue weighted by Crippen LogP contribution is -2.22. The Hall–Kier alpha value is -1.59. The minimum Gasteiger partial charge on any atom is -0.497 e. The minimum absolute atomic E-state index is 0.136. The summed E-state index contributed by atoms with van der Waals surface area (Å²) >= 11 is 0. The molecule has 0 amide bonds. The number of alkyl halides is 3. The lowest BCUT2D eigenvalue weighted by molar-refractivity contribution is -0.0885. The second kappa shape index (κ2) is 3.88. The highest BCUT2D eigenvalue weighted by Gasteiger charge is 2.39. The predicted octanol–water partition coefficient (Wildman–Crippen LogP) is 2.58. The number of methoxy groups -OCH3 is 1. The third-order valence-electron chi connectivity index (χ3n) is 1.63. The van der Waals surface area contributed by atoms with Gasteiger partial charge in [0, 0.05) is 11.6 Å². The number of ether oxygens (including phenoxy) is 1. The molecule has 0 saturated carbocycles. The fourth-order valence-corrected chi connectivity index (χ4v) is 0.975. The summed E-state index contributed by atoms with van der Waals surface area (Å²) in [6.45, 7) is 0. The van der Waals surface area contributed by atoms with Gasteiger partial charge in [-0.25, -0.2) is 4.39 Å². The zero-order valence-electron chi connectivity index (χ0n) is 7.56. The standard InChI is InChI=1S/C9H6F4O2/c1-15-7-3-5(2-6(10)4-7)8(14)9(11,12)13/h2-4H,1H3. The first-order chi connectivity index (χ1) is 6.84. The van der Waals surface area contributed by atoms with E-state index in [2.05, 4.69) is 4.74 Å². The molecule has 1 aromatic carbocycles. The van der Waals surface area contributed by atoms with E-state index in [9.17, 15) is 22.4 Å². The normalized spacial score (nSPS) is 11.3. The fourth-order valence-electron chi connectivity index (χ4n) is 0.975. The second-order valence-corrected chi connectivity index (χ2v) is 2.71. The van der Waals surface area contributed by atoms with E-state index in [0.29, 0.717) is 6.07 Å². The molecular weight excluding hydrogens is 216 g/mol. The lowest BCUT2D eigenvalue weighted by Gasteiger charge is -2.06. The summed E-state index contributed by atoms with van der Waals surface area (Å²) in [5, 5.41) is 0. The van der Waals surface area contributed by atoms with Crippen LogP contribution < -0.4 is 4.74 Å². The zero-order valence-corrected chi connectivity index (χ0v) is 7.56. The molecular formula is C9H6F4O2. The van der Waals surface area contributed by atoms with Gasteiger partial charge < -0.3 is 4.74 Å². The number of ketones is 1. The number of hydrogen-bond acceptors (Lipinski definition) is 2. The molecule has 1 rings (SSSR count). The molecule has 0 heterocycles. The molecule has 0 spiro atoms. The van der Waals surface area contributed by atoms with Gasteiger partial charge in [-0.1, -0.05) is 0 Å². The van der Waals surface area contributed by atoms with Crippen molar-refractivity contribution in [2.24, 2.45) is 0 Å². The molecule has 0 bridgehead atoms. The molecule has 0 saturated heterocycles. The topological polar surface area (TPSA) is 26.3 Å². The van der Waals surface area contributed by atoms with Gasteiger partial charge in [-0.3, -0.25) is 4.79 Å². The van der Waals surface area contributed by atoms with Crippen molar-refractivity contribution < 1.29 is 27.1 Å². The molecule has 0 atom stereocenters. The Morgan fingerprint density at radius 2 is 1.87 bits per heavy atom. The first kappa shape index (κ1) is 11.5. The third-order valence-corrected chi connectivity index (χ3v) is 1.63. The van der Waals surface area contributed by atoms with E-state index in [1.807, 2.05) is 0 Å². The zero-order chi connectivity index (χ0) is 11.6. The third kappa shape index (κ3) is 2.68. The van der Waals surface area contributed by atoms with Crippen LogP contribution >= 0.6 is 0 Å². The minimum atomic E-state index is -5.02. The quantitative estimate of drug-likeness (QED) is 0.567. The van der Waals surface area contributed by atoms with E-state index in [-0.39, 0.29) is 5.75 Å². The van der Waals surface area contributed by atoms with Gasteiger partial charge in [-0.15, -0.1) is 0 Å². The van der Waals surface area contributed by atoms with Crippen LogP contribution in [0.15, 0.2) is 18.2 Å². The number of carbonyl (C=O) groups is 1. The maximum Gasteiger partial charge on any atom is 0.454 e. The van der Waals surface area contributed by atoms with E-state index in [4.69, 9.17) is 0 Å². The lowest BCUT2D eigenvalue weighted by atomic mass is 10.1. The molecule has 15 heavy (non-hydrogen) atoms. The summed E-state index contributed by atoms with van der Waals surface area (Å²) < 4.78 is 53.3. The van der Waals surface area contributed by atoms with Crippen LogP contribution in [0.25, 0.3) is 0 Å². The number of hydrogen-bond donors (Lipinski definition) is 0. The largest absolute Gasteiger partial charge is 0.497 e. The summed E-state index contributed by atoms with van der Waals surface area (Å²) in [5.41, 5.74) is -0.778. The number of carbonyl (C=O) groups excluding carboxylic acids is 1. The van der Waals surface area contributed by atoms with Gasteiger partial charge in [-0.05, 0) is 12.1 Å². The maximum absolute atomic E-state index is 12.8. The maximum atomic E-state index is 12.8. The smallest absolute Gasteiger partial charge is 0.454 e. The van der Waals surface area contributed by atoms with Crippen LogP contribution in [0.5, 0.6) is 5.75 Å². The molecule has 0 radical (unpaired) electrons. The SMILES string of the molecule is COc1cc(F)cc(C(=O)C(F)(F)F)c1. The van der Waals surface area contributed by atoms with Crippen LogP contribution in [-0.2, 0) is 0 Å². The van der Waals surface area contributed by atoms with Crippen LogP contribution in [0.1, 0.15) is 10.4 Å². The van der Waals surface area contributed by atoms with Crippen molar-refractivity contribution in [2.75, 3.05) is 7.11 Å². The van der Waals surface area contributed by atoms with Gasteiger partial charge in [-0.2, -0.15) is 13.2 Å². The number of Topliss-reactive ketones (excluding diaryl/α,β-unsaturated/α-hetero) is 1. The molecule has 1 aromatic rings. The van der Waals surface area contributed by atoms with Crippen molar-refractivity contribution in [2.45, 2.75) is 6.18 Å². The molecule has 0 N–H and O–H groups in total. The van der Waals surface area contributed by atoms with Gasteiger partial charge >= 0.3 is 6.18 Å². The Kier molecular flexibility index (Phi) is 2.97. The van der Waals surface area contributed by atoms with Gasteiger partial charge in [0.05, 0.1) is 7.11 Å². The molecule has 0 aliphatic carbocycles. The van der Waals surface area contributed by atoms with Crippen molar-refractivity contribution in [3.8, 4) is 5.75 Å². The van der Waals surface area contributed by atoms with E-state index >= 15 is 0 Å². The van der Waals surface area contributed by atoms with Crippen LogP contribution in [0, 0.1) is 5.82 Å². The van der Waals surface area contributed by atoms with E-state index < -0.39 is 23.3 Å². The summed E-state index contributed by atoms with van der Waals surface area (Å²) in [4.78, 5) is 10.7. The van der Waals surface area contributed by atoms with Crippen LogP contribution in [0.2, 0.25) is 0 Å². The van der Waals surface area contributed by atoms with Crippen molar-refractivity contribution in [3.05, 3.63) is 29.6 Å². The number of benzene rings is 1. The highest BCUT2D eigenvalue weighted by molar-refractivity contribution is 6.00. The average Bonchev–Trinajstić information content (AvgIpc) is 2.14. The Balaban J connectivity index is 3.15. The molecule has 0 unspecified atom stereocenters. The first-order valence-electron chi connectivity index (χ1n) is 3.80. The molecule has 2 nitrogen and oxygen atoms in total. The van der Waals surface area contributed by atoms with Gasteiger partial charge in [0.2, 0.25) is 0 Å². The molecule has 6 heteroatoms. The van der Waals surface area contributed by atoms with Crippen molar-refractivity contribution in [1.82, 2.24) is 0 Å². The van der Waals surface area contributed by atoms with E-state index in [0.717, 1.165) is 19.2 Å². The Morgan fingerprint density at radius 1 is 1.27 bits per heavy atom. The van der Waals surface area contributed by atoms with Gasteiger partial charge in [0.1, 0.15) is 11.6 Å². The van der Waals surface area contributed by atoms with Crippen LogP contribution in [0.3, 0.4) is 0 Å². The van der Waals surface area contributed by atoms with Crippen LogP contribution in [-0.4, -0.2) is 19.1 Å². The fraction of sp³-hybridized carbons (Fsp3) is 0.222. The predicted molar refractivity (Wildman–Crippen MR) is 43.3 cm³/mol. The Morgan fingerprint density at radius 3 is 2.33 bits per heavy atom. The Labute approximate surface area is 82.5 Å². The average molecular weight is 222 g/mol. The van der Waals surface area contributed by atoms with Crippen molar-refractivity contribution >= 4 is 5.78 Å². The molecule has 0 aromatic heterocycles. The van der Waals surface area contributed by atoms with Gasteiger partial charge in [0.25, 0.3) is 5.78 Å². The number of rotatable bonds is 2. The summed E-state index contributed by atoms with van der Waals surface area (Å²) in [7, 11) is 1.16. The highest BCUT2D eigenvalue weighted by atomic mass is 19.4. The second-order valence-electron chi connectivity index (χ2n) is 2.71. The van der Waals surface area contributed by atoms with Crippen molar-refractivity contribution in [1.29, 1.82) is 0 Å². The highest BCUT2D eigenvalue weighted by Crippen LogP contribution is 2.24. The molecule has 0 aliphatic heterocycles.